The number of nitrogens with one attached hydrogen (secondary N) is 1. The van der Waals surface area contributed by atoms with E-state index in [0.29, 0.717) is 17.1 Å². The van der Waals surface area contributed by atoms with Crippen molar-refractivity contribution in [3.8, 4) is 0 Å². The maximum atomic E-state index is 12.9. The highest BCUT2D eigenvalue weighted by Gasteiger charge is 2.31. The predicted molar refractivity (Wildman–Crippen MR) is 80.9 cm³/mol. The van der Waals surface area contributed by atoms with Gasteiger partial charge in [0.2, 0.25) is 0 Å². The SMILES string of the molecule is CCCNC(c1cccc(C(F)(F)F)c1)c1sccc1Cl. The van der Waals surface area contributed by atoms with E-state index in [1.165, 1.54) is 23.5 Å². The smallest absolute Gasteiger partial charge is 0.306 e. The van der Waals surface area contributed by atoms with Crippen molar-refractivity contribution in [2.45, 2.75) is 25.6 Å². The maximum Gasteiger partial charge on any atom is 0.416 e. The fraction of sp³-hybridized carbons (Fsp3) is 0.333. The van der Waals surface area contributed by atoms with Crippen molar-refractivity contribution < 1.29 is 13.2 Å². The molecule has 1 aromatic heterocycles. The van der Waals surface area contributed by atoms with Crippen LogP contribution in [0.5, 0.6) is 0 Å². The summed E-state index contributed by atoms with van der Waals surface area (Å²) >= 11 is 7.58. The molecule has 114 valence electrons. The largest absolute Gasteiger partial charge is 0.416 e. The van der Waals surface area contributed by atoms with Gasteiger partial charge in [-0.1, -0.05) is 30.7 Å². The van der Waals surface area contributed by atoms with Crippen molar-refractivity contribution in [1.29, 1.82) is 0 Å². The molecule has 6 heteroatoms. The summed E-state index contributed by atoms with van der Waals surface area (Å²) in [6.45, 7) is 2.71. The summed E-state index contributed by atoms with van der Waals surface area (Å²) in [7, 11) is 0. The third-order valence-electron chi connectivity index (χ3n) is 3.05. The fourth-order valence-corrected chi connectivity index (χ4v) is 3.32. The van der Waals surface area contributed by atoms with Gasteiger partial charge in [0.25, 0.3) is 0 Å². The summed E-state index contributed by atoms with van der Waals surface area (Å²) in [5.41, 5.74) is -0.0707. The molecule has 0 spiro atoms. The lowest BCUT2D eigenvalue weighted by Gasteiger charge is -2.19. The Balaban J connectivity index is 2.40. The molecule has 0 bridgehead atoms. The molecule has 2 rings (SSSR count). The van der Waals surface area contributed by atoms with Gasteiger partial charge in [-0.25, -0.2) is 0 Å². The van der Waals surface area contributed by atoms with E-state index >= 15 is 0 Å². The van der Waals surface area contributed by atoms with Gasteiger partial charge in [0.15, 0.2) is 0 Å². The minimum Gasteiger partial charge on any atom is -0.306 e. The molecule has 0 saturated carbocycles. The third-order valence-corrected chi connectivity index (χ3v) is 4.48. The molecule has 2 aromatic rings. The molecular weight excluding hydrogens is 319 g/mol. The van der Waals surface area contributed by atoms with Crippen molar-refractivity contribution in [2.75, 3.05) is 6.54 Å². The Morgan fingerprint density at radius 3 is 2.62 bits per heavy atom. The van der Waals surface area contributed by atoms with E-state index in [4.69, 9.17) is 11.6 Å². The number of thiophene rings is 1. The standard InChI is InChI=1S/C15H15ClF3NS/c1-2-7-20-13(14-12(16)6-8-21-14)10-4-3-5-11(9-10)15(17,18)19/h3-6,8-9,13,20H,2,7H2,1H3. The highest BCUT2D eigenvalue weighted by atomic mass is 35.5. The van der Waals surface area contributed by atoms with Crippen molar-refractivity contribution in [3.05, 3.63) is 56.7 Å². The molecule has 0 aliphatic heterocycles. The Hall–Kier alpha value is -1.04. The van der Waals surface area contributed by atoms with Gasteiger partial charge in [-0.15, -0.1) is 11.3 Å². The summed E-state index contributed by atoms with van der Waals surface area (Å²) < 4.78 is 38.6. The topological polar surface area (TPSA) is 12.0 Å². The van der Waals surface area contributed by atoms with Crippen LogP contribution in [-0.4, -0.2) is 6.54 Å². The van der Waals surface area contributed by atoms with Crippen molar-refractivity contribution in [3.63, 3.8) is 0 Å². The number of rotatable bonds is 5. The van der Waals surface area contributed by atoms with Crippen molar-refractivity contribution >= 4 is 22.9 Å². The molecule has 21 heavy (non-hydrogen) atoms. The van der Waals surface area contributed by atoms with Gasteiger partial charge in [-0.05, 0) is 42.1 Å². The lowest BCUT2D eigenvalue weighted by atomic mass is 10.0. The van der Waals surface area contributed by atoms with Crippen LogP contribution in [0.1, 0.15) is 35.4 Å². The highest BCUT2D eigenvalue weighted by Crippen LogP contribution is 2.36. The molecule has 0 saturated heterocycles. The van der Waals surface area contributed by atoms with Crippen LogP contribution in [-0.2, 0) is 6.18 Å². The Morgan fingerprint density at radius 1 is 1.29 bits per heavy atom. The van der Waals surface area contributed by atoms with Gasteiger partial charge >= 0.3 is 6.18 Å². The molecule has 0 aliphatic rings. The van der Waals surface area contributed by atoms with Gasteiger partial charge in [-0.2, -0.15) is 13.2 Å². The van der Waals surface area contributed by atoms with E-state index in [0.717, 1.165) is 17.4 Å². The highest BCUT2D eigenvalue weighted by molar-refractivity contribution is 7.10. The average molecular weight is 334 g/mol. The van der Waals surface area contributed by atoms with Crippen LogP contribution in [0.15, 0.2) is 35.7 Å². The van der Waals surface area contributed by atoms with E-state index in [-0.39, 0.29) is 6.04 Å². The zero-order chi connectivity index (χ0) is 15.5. The second-order valence-corrected chi connectivity index (χ2v) is 6.00. The fourth-order valence-electron chi connectivity index (χ4n) is 2.06. The first-order chi connectivity index (χ1) is 9.93. The van der Waals surface area contributed by atoms with Gasteiger partial charge in [0.1, 0.15) is 0 Å². The molecular formula is C15H15ClF3NS. The first kappa shape index (κ1) is 16.3. The number of benzene rings is 1. The first-order valence-corrected chi connectivity index (χ1v) is 7.82. The Kier molecular flexibility index (Phi) is 5.30. The minimum atomic E-state index is -4.34. The molecule has 1 aromatic carbocycles. The number of halogens is 4. The third kappa shape index (κ3) is 3.99. The number of hydrogen-bond donors (Lipinski definition) is 1. The van der Waals surface area contributed by atoms with Crippen LogP contribution in [0, 0.1) is 0 Å². The molecule has 1 N–H and O–H groups in total. The van der Waals surface area contributed by atoms with E-state index in [1.54, 1.807) is 12.1 Å². The zero-order valence-corrected chi connectivity index (χ0v) is 12.9. The van der Waals surface area contributed by atoms with Gasteiger partial charge in [0, 0.05) is 4.88 Å². The summed E-state index contributed by atoms with van der Waals surface area (Å²) in [5.74, 6) is 0. The molecule has 1 heterocycles. The van der Waals surface area contributed by atoms with Crippen LogP contribution in [0.4, 0.5) is 13.2 Å². The van der Waals surface area contributed by atoms with Crippen LogP contribution in [0.2, 0.25) is 5.02 Å². The summed E-state index contributed by atoms with van der Waals surface area (Å²) in [6, 6.07) is 6.83. The maximum absolute atomic E-state index is 12.9. The monoisotopic (exact) mass is 333 g/mol. The van der Waals surface area contributed by atoms with E-state index in [1.807, 2.05) is 12.3 Å². The van der Waals surface area contributed by atoms with Crippen molar-refractivity contribution in [1.82, 2.24) is 5.32 Å². The van der Waals surface area contributed by atoms with Gasteiger partial charge < -0.3 is 5.32 Å². The average Bonchev–Trinajstić information content (AvgIpc) is 2.85. The van der Waals surface area contributed by atoms with Gasteiger partial charge in [0.05, 0.1) is 16.6 Å². The van der Waals surface area contributed by atoms with Crippen LogP contribution in [0.3, 0.4) is 0 Å². The van der Waals surface area contributed by atoms with E-state index in [2.05, 4.69) is 5.32 Å². The van der Waals surface area contributed by atoms with Gasteiger partial charge in [-0.3, -0.25) is 0 Å². The summed E-state index contributed by atoms with van der Waals surface area (Å²) in [5, 5.41) is 5.68. The number of alkyl halides is 3. The molecule has 1 nitrogen and oxygen atoms in total. The molecule has 0 radical (unpaired) electrons. The quantitative estimate of drug-likeness (QED) is 0.760. The molecule has 0 fully saturated rings. The second-order valence-electron chi connectivity index (χ2n) is 4.64. The second kappa shape index (κ2) is 6.81. The van der Waals surface area contributed by atoms with Crippen LogP contribution < -0.4 is 5.32 Å². The van der Waals surface area contributed by atoms with E-state index in [9.17, 15) is 13.2 Å². The predicted octanol–water partition coefficient (Wildman–Crippen LogP) is 5.51. The first-order valence-electron chi connectivity index (χ1n) is 6.57. The Labute approximate surface area is 130 Å². The molecule has 0 aliphatic carbocycles. The Bertz CT molecular complexity index is 595. The van der Waals surface area contributed by atoms with E-state index < -0.39 is 11.7 Å². The molecule has 1 unspecified atom stereocenters. The van der Waals surface area contributed by atoms with Crippen LogP contribution in [0.25, 0.3) is 0 Å². The number of hydrogen-bond acceptors (Lipinski definition) is 2. The minimum absolute atomic E-state index is 0.320. The normalized spacial score (nSPS) is 13.4. The lowest BCUT2D eigenvalue weighted by Crippen LogP contribution is -2.23. The van der Waals surface area contributed by atoms with Crippen LogP contribution >= 0.6 is 22.9 Å². The van der Waals surface area contributed by atoms with Crippen molar-refractivity contribution in [2.24, 2.45) is 0 Å². The zero-order valence-electron chi connectivity index (χ0n) is 11.4. The Morgan fingerprint density at radius 2 is 2.05 bits per heavy atom. The molecule has 0 amide bonds. The lowest BCUT2D eigenvalue weighted by molar-refractivity contribution is -0.137. The summed E-state index contributed by atoms with van der Waals surface area (Å²) in [4.78, 5) is 0.837. The molecule has 1 atom stereocenters. The summed E-state index contributed by atoms with van der Waals surface area (Å²) in [6.07, 6.45) is -3.46.